The van der Waals surface area contributed by atoms with E-state index >= 15 is 0 Å². The van der Waals surface area contributed by atoms with Crippen molar-refractivity contribution < 1.29 is 9.53 Å². The smallest absolute Gasteiger partial charge is 0.265 e. The van der Waals surface area contributed by atoms with Crippen LogP contribution in [-0.2, 0) is 11.2 Å². The number of ether oxygens (including phenoxy) is 1. The highest BCUT2D eigenvalue weighted by Crippen LogP contribution is 2.31. The lowest BCUT2D eigenvalue weighted by atomic mass is 10.1. The minimum Gasteiger partial charge on any atom is -0.480 e. The van der Waals surface area contributed by atoms with Gasteiger partial charge in [0.25, 0.3) is 5.91 Å². The lowest BCUT2D eigenvalue weighted by molar-refractivity contribution is -0.122. The Kier molecular flexibility index (Phi) is 3.71. The van der Waals surface area contributed by atoms with Crippen molar-refractivity contribution in [1.82, 2.24) is 4.98 Å². The number of carbonyl (C=O) groups excluding carboxylic acids is 1. The van der Waals surface area contributed by atoms with E-state index in [1.807, 2.05) is 48.7 Å². The number of fused-ring (bicyclic) bond motifs is 2. The van der Waals surface area contributed by atoms with Crippen LogP contribution in [0.3, 0.4) is 0 Å². The van der Waals surface area contributed by atoms with Crippen molar-refractivity contribution in [3.05, 3.63) is 48.0 Å². The van der Waals surface area contributed by atoms with Gasteiger partial charge in [0.05, 0.1) is 10.2 Å². The van der Waals surface area contributed by atoms with Crippen LogP contribution in [0.5, 0.6) is 5.75 Å². The molecule has 1 aromatic heterocycles. The van der Waals surface area contributed by atoms with Crippen molar-refractivity contribution in [3.8, 4) is 5.75 Å². The van der Waals surface area contributed by atoms with Crippen LogP contribution in [0.15, 0.2) is 46.8 Å². The molecule has 23 heavy (non-hydrogen) atoms. The Labute approximate surface area is 141 Å². The van der Waals surface area contributed by atoms with Crippen molar-refractivity contribution in [2.24, 2.45) is 0 Å². The predicted molar refractivity (Wildman–Crippen MR) is 94.6 cm³/mol. The molecule has 6 heteroatoms. The summed E-state index contributed by atoms with van der Waals surface area (Å²) in [5.74, 6) is 0.685. The van der Waals surface area contributed by atoms with Crippen LogP contribution in [-0.4, -0.2) is 23.3 Å². The molecule has 4 nitrogen and oxygen atoms in total. The van der Waals surface area contributed by atoms with Crippen molar-refractivity contribution in [3.63, 3.8) is 0 Å². The zero-order chi connectivity index (χ0) is 15.8. The second-order valence-electron chi connectivity index (χ2n) is 5.27. The summed E-state index contributed by atoms with van der Waals surface area (Å²) in [6.45, 7) is 0. The van der Waals surface area contributed by atoms with E-state index in [-0.39, 0.29) is 5.91 Å². The largest absolute Gasteiger partial charge is 0.480 e. The highest BCUT2D eigenvalue weighted by molar-refractivity contribution is 8.00. The molecule has 1 atom stereocenters. The third kappa shape index (κ3) is 2.80. The fourth-order valence-electron chi connectivity index (χ4n) is 2.62. The van der Waals surface area contributed by atoms with Crippen LogP contribution < -0.4 is 10.1 Å². The first-order valence-electron chi connectivity index (χ1n) is 7.23. The van der Waals surface area contributed by atoms with E-state index in [0.29, 0.717) is 6.42 Å². The normalized spacial score (nSPS) is 16.1. The molecular formula is C17H14N2O2S2. The van der Waals surface area contributed by atoms with Gasteiger partial charge < -0.3 is 10.1 Å². The average molecular weight is 342 g/mol. The van der Waals surface area contributed by atoms with Gasteiger partial charge in [-0.15, -0.1) is 11.3 Å². The van der Waals surface area contributed by atoms with Gasteiger partial charge in [0.15, 0.2) is 10.4 Å². The second kappa shape index (κ2) is 5.86. The van der Waals surface area contributed by atoms with Crippen LogP contribution >= 0.6 is 23.1 Å². The molecule has 0 saturated carbocycles. The van der Waals surface area contributed by atoms with Crippen molar-refractivity contribution in [2.75, 3.05) is 11.6 Å². The van der Waals surface area contributed by atoms with Crippen LogP contribution in [0.2, 0.25) is 0 Å². The summed E-state index contributed by atoms with van der Waals surface area (Å²) in [5, 5.41) is 2.95. The molecule has 2 aromatic carbocycles. The Morgan fingerprint density at radius 2 is 2.22 bits per heavy atom. The van der Waals surface area contributed by atoms with Gasteiger partial charge in [0, 0.05) is 12.1 Å². The summed E-state index contributed by atoms with van der Waals surface area (Å²) in [5.41, 5.74) is 2.82. The molecule has 0 aliphatic carbocycles. The molecule has 4 rings (SSSR count). The van der Waals surface area contributed by atoms with Gasteiger partial charge >= 0.3 is 0 Å². The number of carbonyl (C=O) groups is 1. The standard InChI is InChI=1S/C17H14N2O2S2/c1-22-17-19-12-7-6-11(9-15(12)23-17)18-16(20)14-8-10-4-2-3-5-13(10)21-14/h2-7,9,14H,8H2,1H3,(H,18,20)/t14-/m1/s1. The summed E-state index contributed by atoms with van der Waals surface area (Å²) < 4.78 is 7.82. The highest BCUT2D eigenvalue weighted by Gasteiger charge is 2.28. The quantitative estimate of drug-likeness (QED) is 0.732. The molecule has 116 valence electrons. The first-order chi connectivity index (χ1) is 11.2. The van der Waals surface area contributed by atoms with Crippen LogP contribution in [0.4, 0.5) is 5.69 Å². The zero-order valence-electron chi connectivity index (χ0n) is 12.4. The van der Waals surface area contributed by atoms with Crippen LogP contribution in [0.25, 0.3) is 10.2 Å². The third-order valence-electron chi connectivity index (χ3n) is 3.75. The number of benzene rings is 2. The molecule has 0 unspecified atom stereocenters. The van der Waals surface area contributed by atoms with Crippen molar-refractivity contribution >= 4 is 44.9 Å². The summed E-state index contributed by atoms with van der Waals surface area (Å²) in [6.07, 6.45) is 2.16. The van der Waals surface area contributed by atoms with Gasteiger partial charge in [0.1, 0.15) is 5.75 Å². The molecule has 0 fully saturated rings. The molecule has 0 spiro atoms. The summed E-state index contributed by atoms with van der Waals surface area (Å²) in [7, 11) is 0. The van der Waals surface area contributed by atoms with E-state index in [0.717, 1.165) is 31.6 Å². The Bertz CT molecular complexity index is 866. The monoisotopic (exact) mass is 342 g/mol. The van der Waals surface area contributed by atoms with Gasteiger partial charge in [-0.25, -0.2) is 4.98 Å². The number of nitrogens with zero attached hydrogens (tertiary/aromatic N) is 1. The first kappa shape index (κ1) is 14.5. The minimum atomic E-state index is -0.466. The first-order valence-corrected chi connectivity index (χ1v) is 9.27. The fourth-order valence-corrected chi connectivity index (χ4v) is 4.15. The van der Waals surface area contributed by atoms with Gasteiger partial charge in [0.2, 0.25) is 0 Å². The van der Waals surface area contributed by atoms with E-state index in [2.05, 4.69) is 10.3 Å². The van der Waals surface area contributed by atoms with Crippen LogP contribution in [0, 0.1) is 0 Å². The molecule has 1 aliphatic rings. The molecular weight excluding hydrogens is 328 g/mol. The predicted octanol–water partition coefficient (Wildman–Crippen LogP) is 3.96. The maximum Gasteiger partial charge on any atom is 0.265 e. The number of anilines is 1. The van der Waals surface area contributed by atoms with Gasteiger partial charge in [-0.05, 0) is 36.1 Å². The minimum absolute atomic E-state index is 0.116. The molecule has 0 saturated heterocycles. The van der Waals surface area contributed by atoms with E-state index < -0.39 is 6.10 Å². The molecule has 0 bridgehead atoms. The average Bonchev–Trinajstić information content (AvgIpc) is 3.17. The lowest BCUT2D eigenvalue weighted by Crippen LogP contribution is -2.31. The Morgan fingerprint density at radius 1 is 1.35 bits per heavy atom. The Morgan fingerprint density at radius 3 is 3.04 bits per heavy atom. The highest BCUT2D eigenvalue weighted by atomic mass is 32.2. The molecule has 0 radical (unpaired) electrons. The maximum absolute atomic E-state index is 12.4. The topological polar surface area (TPSA) is 51.2 Å². The number of aromatic nitrogens is 1. The number of hydrogen-bond donors (Lipinski definition) is 1. The van der Waals surface area contributed by atoms with Gasteiger partial charge in [-0.2, -0.15) is 0 Å². The summed E-state index contributed by atoms with van der Waals surface area (Å²) in [4.78, 5) is 16.9. The maximum atomic E-state index is 12.4. The Hall–Kier alpha value is -2.05. The summed E-state index contributed by atoms with van der Waals surface area (Å²) in [6, 6.07) is 13.6. The third-order valence-corrected chi connectivity index (χ3v) is 5.75. The van der Waals surface area contributed by atoms with Crippen LogP contribution in [0.1, 0.15) is 5.56 Å². The number of amides is 1. The van der Waals surface area contributed by atoms with Gasteiger partial charge in [-0.3, -0.25) is 4.79 Å². The molecule has 1 amide bonds. The zero-order valence-corrected chi connectivity index (χ0v) is 14.0. The van der Waals surface area contributed by atoms with E-state index in [1.165, 1.54) is 0 Å². The van der Waals surface area contributed by atoms with E-state index in [9.17, 15) is 4.79 Å². The fraction of sp³-hybridized carbons (Fsp3) is 0.176. The summed E-state index contributed by atoms with van der Waals surface area (Å²) >= 11 is 3.26. The number of hydrogen-bond acceptors (Lipinski definition) is 5. The number of nitrogens with one attached hydrogen (secondary N) is 1. The number of thiazole rings is 1. The van der Waals surface area contributed by atoms with Crippen molar-refractivity contribution in [1.29, 1.82) is 0 Å². The SMILES string of the molecule is CSc1nc2ccc(NC(=O)[C@H]3Cc4ccccc4O3)cc2s1. The number of rotatable bonds is 3. The molecule has 1 N–H and O–H groups in total. The Balaban J connectivity index is 1.51. The lowest BCUT2D eigenvalue weighted by Gasteiger charge is -2.11. The number of thioether (sulfide) groups is 1. The number of para-hydroxylation sites is 1. The molecule has 2 heterocycles. The molecule has 3 aromatic rings. The van der Waals surface area contributed by atoms with E-state index in [4.69, 9.17) is 4.74 Å². The van der Waals surface area contributed by atoms with E-state index in [1.54, 1.807) is 23.1 Å². The van der Waals surface area contributed by atoms with Gasteiger partial charge in [-0.1, -0.05) is 30.0 Å². The molecule has 1 aliphatic heterocycles. The van der Waals surface area contributed by atoms with Crippen molar-refractivity contribution in [2.45, 2.75) is 16.9 Å². The second-order valence-corrected chi connectivity index (χ2v) is 7.36.